The van der Waals surface area contributed by atoms with Crippen LogP contribution in [0.3, 0.4) is 0 Å². The number of imidazole rings is 1. The van der Waals surface area contributed by atoms with E-state index in [1.54, 1.807) is 23.9 Å². The van der Waals surface area contributed by atoms with Gasteiger partial charge in [0, 0.05) is 16.9 Å². The van der Waals surface area contributed by atoms with E-state index in [0.29, 0.717) is 0 Å². The molecule has 2 aromatic carbocycles. The van der Waals surface area contributed by atoms with E-state index in [1.807, 2.05) is 6.92 Å². The first-order valence-corrected chi connectivity index (χ1v) is 9.39. The molecule has 3 aromatic rings. The molecule has 0 atom stereocenters. The standard InChI is InChI=1S/C19H16ClFN2S/c1-11-19(13-3-6-16(21)15(20)10-13)23-17-7-5-14(24-2)9-12(17)4-8-18(23)22-11/h3,5-7,9-10H,4,8H2,1-2H3. The fraction of sp³-hybridized carbons (Fsp3) is 0.211. The second-order valence-corrected chi connectivity index (χ2v) is 7.21. The summed E-state index contributed by atoms with van der Waals surface area (Å²) < 4.78 is 15.7. The van der Waals surface area contributed by atoms with Gasteiger partial charge in [-0.3, -0.25) is 4.57 Å². The van der Waals surface area contributed by atoms with Crippen molar-refractivity contribution in [2.75, 3.05) is 6.26 Å². The third-order valence-corrected chi connectivity index (χ3v) is 5.47. The lowest BCUT2D eigenvalue weighted by Crippen LogP contribution is -2.13. The first kappa shape index (κ1) is 15.7. The van der Waals surface area contributed by atoms with Crippen LogP contribution in [0, 0.1) is 12.7 Å². The van der Waals surface area contributed by atoms with Gasteiger partial charge in [0.2, 0.25) is 0 Å². The summed E-state index contributed by atoms with van der Waals surface area (Å²) in [5, 5.41) is 0.135. The quantitative estimate of drug-likeness (QED) is 0.566. The maximum absolute atomic E-state index is 13.5. The van der Waals surface area contributed by atoms with E-state index in [9.17, 15) is 4.39 Å². The second-order valence-electron chi connectivity index (χ2n) is 5.92. The minimum absolute atomic E-state index is 0.135. The van der Waals surface area contributed by atoms with Gasteiger partial charge >= 0.3 is 0 Å². The van der Waals surface area contributed by atoms with E-state index in [1.165, 1.54) is 16.5 Å². The van der Waals surface area contributed by atoms with E-state index in [2.05, 4.69) is 29.0 Å². The molecule has 1 aliphatic rings. The van der Waals surface area contributed by atoms with Crippen LogP contribution in [0.5, 0.6) is 0 Å². The van der Waals surface area contributed by atoms with Crippen LogP contribution in [-0.2, 0) is 12.8 Å². The summed E-state index contributed by atoms with van der Waals surface area (Å²) in [5.74, 6) is 0.647. The van der Waals surface area contributed by atoms with E-state index in [4.69, 9.17) is 16.6 Å². The molecule has 2 nitrogen and oxygen atoms in total. The summed E-state index contributed by atoms with van der Waals surface area (Å²) in [5.41, 5.74) is 5.30. The molecule has 2 heterocycles. The molecular weight excluding hydrogens is 343 g/mol. The van der Waals surface area contributed by atoms with Gasteiger partial charge in [-0.2, -0.15) is 0 Å². The molecule has 1 aromatic heterocycles. The van der Waals surface area contributed by atoms with Crippen LogP contribution in [0.25, 0.3) is 16.9 Å². The lowest BCUT2D eigenvalue weighted by Gasteiger charge is -2.21. The molecule has 24 heavy (non-hydrogen) atoms. The number of nitrogens with zero attached hydrogens (tertiary/aromatic N) is 2. The summed E-state index contributed by atoms with van der Waals surface area (Å²) in [4.78, 5) is 6.01. The number of rotatable bonds is 2. The zero-order valence-electron chi connectivity index (χ0n) is 13.4. The van der Waals surface area contributed by atoms with E-state index >= 15 is 0 Å². The van der Waals surface area contributed by atoms with E-state index in [-0.39, 0.29) is 5.02 Å². The summed E-state index contributed by atoms with van der Waals surface area (Å²) in [6.45, 7) is 1.99. The molecule has 0 bridgehead atoms. The highest BCUT2D eigenvalue weighted by atomic mass is 35.5. The molecule has 0 radical (unpaired) electrons. The highest BCUT2D eigenvalue weighted by Crippen LogP contribution is 2.36. The predicted molar refractivity (Wildman–Crippen MR) is 97.9 cm³/mol. The number of benzene rings is 2. The number of aryl methyl sites for hydroxylation is 3. The lowest BCUT2D eigenvalue weighted by atomic mass is 10.0. The van der Waals surface area contributed by atoms with Crippen LogP contribution >= 0.6 is 23.4 Å². The lowest BCUT2D eigenvalue weighted by molar-refractivity contribution is 0.628. The zero-order valence-corrected chi connectivity index (χ0v) is 15.0. The molecule has 0 spiro atoms. The fourth-order valence-corrected chi connectivity index (χ4v) is 3.99. The summed E-state index contributed by atoms with van der Waals surface area (Å²) in [6, 6.07) is 11.4. The Morgan fingerprint density at radius 3 is 2.75 bits per heavy atom. The summed E-state index contributed by atoms with van der Waals surface area (Å²) >= 11 is 7.75. The number of thioether (sulfide) groups is 1. The van der Waals surface area contributed by atoms with E-state index in [0.717, 1.165) is 41.3 Å². The van der Waals surface area contributed by atoms with Crippen molar-refractivity contribution < 1.29 is 4.39 Å². The normalized spacial score (nSPS) is 12.8. The SMILES string of the molecule is CSc1ccc2c(c1)CCc1nc(C)c(-c3ccc(F)c(Cl)c3)n1-2. The van der Waals surface area contributed by atoms with E-state index < -0.39 is 5.82 Å². The minimum atomic E-state index is -0.401. The smallest absolute Gasteiger partial charge is 0.141 e. The number of halogens is 2. The molecule has 0 saturated carbocycles. The van der Waals surface area contributed by atoms with Crippen LogP contribution in [0.4, 0.5) is 4.39 Å². The molecule has 122 valence electrons. The largest absolute Gasteiger partial charge is 0.296 e. The topological polar surface area (TPSA) is 17.8 Å². The first-order chi connectivity index (χ1) is 11.6. The van der Waals surface area contributed by atoms with Gasteiger partial charge in [0.15, 0.2) is 0 Å². The molecular formula is C19H16ClFN2S. The van der Waals surface area contributed by atoms with Crippen molar-refractivity contribution in [2.24, 2.45) is 0 Å². The van der Waals surface area contributed by atoms with Crippen LogP contribution < -0.4 is 0 Å². The molecule has 0 fully saturated rings. The molecule has 0 amide bonds. The highest BCUT2D eigenvalue weighted by molar-refractivity contribution is 7.98. The van der Waals surface area contributed by atoms with Crippen molar-refractivity contribution in [1.82, 2.24) is 9.55 Å². The Hall–Kier alpha value is -1.78. The number of hydrogen-bond acceptors (Lipinski definition) is 2. The Balaban J connectivity index is 1.95. The average molecular weight is 359 g/mol. The summed E-state index contributed by atoms with van der Waals surface area (Å²) in [7, 11) is 0. The highest BCUT2D eigenvalue weighted by Gasteiger charge is 2.23. The van der Waals surface area contributed by atoms with Gasteiger partial charge in [0.1, 0.15) is 11.6 Å². The van der Waals surface area contributed by atoms with Gasteiger partial charge in [0.25, 0.3) is 0 Å². The number of fused-ring (bicyclic) bond motifs is 3. The van der Waals surface area contributed by atoms with Crippen molar-refractivity contribution in [3.8, 4) is 16.9 Å². The van der Waals surface area contributed by atoms with Gasteiger partial charge in [-0.05, 0) is 61.6 Å². The zero-order chi connectivity index (χ0) is 16.8. The van der Waals surface area contributed by atoms with Crippen LogP contribution in [0.2, 0.25) is 5.02 Å². The van der Waals surface area contributed by atoms with Gasteiger partial charge in [0.05, 0.1) is 22.1 Å². The average Bonchev–Trinajstić information content (AvgIpc) is 2.93. The Bertz CT molecular complexity index is 949. The molecule has 0 aliphatic carbocycles. The van der Waals surface area contributed by atoms with Crippen molar-refractivity contribution in [2.45, 2.75) is 24.7 Å². The Morgan fingerprint density at radius 2 is 2.00 bits per heavy atom. The van der Waals surface area contributed by atoms with Crippen LogP contribution in [0.1, 0.15) is 17.1 Å². The molecule has 0 unspecified atom stereocenters. The van der Waals surface area contributed by atoms with Gasteiger partial charge in [-0.1, -0.05) is 11.6 Å². The Morgan fingerprint density at radius 1 is 1.17 bits per heavy atom. The monoisotopic (exact) mass is 358 g/mol. The second kappa shape index (κ2) is 5.94. The maximum Gasteiger partial charge on any atom is 0.141 e. The third-order valence-electron chi connectivity index (χ3n) is 4.46. The third kappa shape index (κ3) is 2.45. The molecule has 5 heteroatoms. The van der Waals surface area contributed by atoms with Gasteiger partial charge in [-0.25, -0.2) is 9.37 Å². The first-order valence-electron chi connectivity index (χ1n) is 7.79. The van der Waals surface area contributed by atoms with Gasteiger partial charge < -0.3 is 0 Å². The summed E-state index contributed by atoms with van der Waals surface area (Å²) in [6.07, 6.45) is 3.98. The van der Waals surface area contributed by atoms with Crippen molar-refractivity contribution in [3.63, 3.8) is 0 Å². The van der Waals surface area contributed by atoms with Crippen molar-refractivity contribution >= 4 is 23.4 Å². The number of aromatic nitrogens is 2. The molecule has 4 rings (SSSR count). The van der Waals surface area contributed by atoms with Crippen LogP contribution in [0.15, 0.2) is 41.3 Å². The molecule has 0 N–H and O–H groups in total. The Kier molecular flexibility index (Phi) is 3.89. The predicted octanol–water partition coefficient (Wildman–Crippen LogP) is 5.46. The molecule has 0 saturated heterocycles. The van der Waals surface area contributed by atoms with Gasteiger partial charge in [-0.15, -0.1) is 11.8 Å². The maximum atomic E-state index is 13.5. The number of hydrogen-bond donors (Lipinski definition) is 0. The fourth-order valence-electron chi connectivity index (χ4n) is 3.35. The Labute approximate surface area is 149 Å². The minimum Gasteiger partial charge on any atom is -0.296 e. The van der Waals surface area contributed by atoms with Crippen molar-refractivity contribution in [1.29, 1.82) is 0 Å². The molecule has 1 aliphatic heterocycles. The van der Waals surface area contributed by atoms with Crippen LogP contribution in [-0.4, -0.2) is 15.8 Å². The van der Waals surface area contributed by atoms with Crippen molar-refractivity contribution in [3.05, 3.63) is 64.3 Å².